The summed E-state index contributed by atoms with van der Waals surface area (Å²) in [5, 5.41) is 18.3. The largest absolute Gasteiger partial charge is 0.478 e. The van der Waals surface area contributed by atoms with Gasteiger partial charge in [0.2, 0.25) is 0 Å². The Kier molecular flexibility index (Phi) is 7.21. The Balaban J connectivity index is 1.75. The molecule has 0 unspecified atom stereocenters. The molecule has 0 aromatic heterocycles. The highest BCUT2D eigenvalue weighted by atomic mass is 32.2. The standard InChI is InChI=1S/C18H18O4S2/c19-17(20)13-7-1-3-9-15(13)23-11-5-6-12-24-16-10-4-2-8-14(16)18(21)22/h1-4,7-10H,5-6,11-12H2,(H,19,20)(H,21,22). The lowest BCUT2D eigenvalue weighted by Crippen LogP contribution is -1.99. The molecule has 0 aliphatic rings. The van der Waals surface area contributed by atoms with Crippen molar-refractivity contribution in [1.29, 1.82) is 0 Å². The maximum absolute atomic E-state index is 11.1. The average molecular weight is 362 g/mol. The first kappa shape index (κ1) is 18.4. The van der Waals surface area contributed by atoms with E-state index in [0.29, 0.717) is 11.1 Å². The van der Waals surface area contributed by atoms with Crippen molar-refractivity contribution in [3.8, 4) is 0 Å². The highest BCUT2D eigenvalue weighted by Crippen LogP contribution is 2.26. The summed E-state index contributed by atoms with van der Waals surface area (Å²) >= 11 is 3.09. The van der Waals surface area contributed by atoms with Crippen LogP contribution in [0.2, 0.25) is 0 Å². The maximum atomic E-state index is 11.1. The Hall–Kier alpha value is -1.92. The predicted octanol–water partition coefficient (Wildman–Crippen LogP) is 4.75. The molecular formula is C18H18O4S2. The summed E-state index contributed by atoms with van der Waals surface area (Å²) in [6.07, 6.45) is 1.89. The molecular weight excluding hydrogens is 344 g/mol. The van der Waals surface area contributed by atoms with Gasteiger partial charge in [-0.05, 0) is 48.6 Å². The smallest absolute Gasteiger partial charge is 0.336 e. The lowest BCUT2D eigenvalue weighted by molar-refractivity contribution is 0.0682. The normalized spacial score (nSPS) is 10.5. The second-order valence-electron chi connectivity index (χ2n) is 5.01. The molecule has 0 atom stereocenters. The van der Waals surface area contributed by atoms with E-state index in [1.807, 2.05) is 24.3 Å². The van der Waals surface area contributed by atoms with Crippen LogP contribution in [-0.2, 0) is 0 Å². The van der Waals surface area contributed by atoms with Crippen molar-refractivity contribution in [3.63, 3.8) is 0 Å². The molecule has 4 nitrogen and oxygen atoms in total. The van der Waals surface area contributed by atoms with Gasteiger partial charge in [0.15, 0.2) is 0 Å². The molecule has 126 valence electrons. The van der Waals surface area contributed by atoms with Gasteiger partial charge in [0.25, 0.3) is 0 Å². The summed E-state index contributed by atoms with van der Waals surface area (Å²) < 4.78 is 0. The van der Waals surface area contributed by atoms with E-state index in [4.69, 9.17) is 10.2 Å². The third-order valence-electron chi connectivity index (χ3n) is 3.29. The topological polar surface area (TPSA) is 74.6 Å². The van der Waals surface area contributed by atoms with E-state index in [0.717, 1.165) is 34.1 Å². The molecule has 0 fully saturated rings. The minimum atomic E-state index is -0.904. The van der Waals surface area contributed by atoms with Crippen LogP contribution < -0.4 is 0 Å². The van der Waals surface area contributed by atoms with Crippen molar-refractivity contribution in [2.24, 2.45) is 0 Å². The number of aromatic carboxylic acids is 2. The third-order valence-corrected chi connectivity index (χ3v) is 5.61. The van der Waals surface area contributed by atoms with Crippen LogP contribution in [0.25, 0.3) is 0 Å². The van der Waals surface area contributed by atoms with E-state index >= 15 is 0 Å². The molecule has 24 heavy (non-hydrogen) atoms. The predicted molar refractivity (Wildman–Crippen MR) is 97.5 cm³/mol. The Bertz CT molecular complexity index is 654. The van der Waals surface area contributed by atoms with Crippen LogP contribution in [0.5, 0.6) is 0 Å². The molecule has 0 saturated carbocycles. The number of unbranched alkanes of at least 4 members (excludes halogenated alkanes) is 1. The number of rotatable bonds is 9. The minimum Gasteiger partial charge on any atom is -0.478 e. The zero-order valence-electron chi connectivity index (χ0n) is 13.0. The van der Waals surface area contributed by atoms with E-state index in [1.54, 1.807) is 47.8 Å². The molecule has 0 radical (unpaired) electrons. The number of carboxylic acids is 2. The number of carboxylic acid groups (broad SMARTS) is 2. The third kappa shape index (κ3) is 5.32. The van der Waals surface area contributed by atoms with Crippen molar-refractivity contribution in [2.75, 3.05) is 11.5 Å². The molecule has 2 N–H and O–H groups in total. The Labute approximate surface area is 149 Å². The molecule has 2 aromatic rings. The fourth-order valence-electron chi connectivity index (χ4n) is 2.11. The van der Waals surface area contributed by atoms with Crippen molar-refractivity contribution in [1.82, 2.24) is 0 Å². The van der Waals surface area contributed by atoms with Crippen LogP contribution >= 0.6 is 23.5 Å². The van der Waals surface area contributed by atoms with Crippen LogP contribution in [0.1, 0.15) is 33.6 Å². The number of carbonyl (C=O) groups is 2. The number of hydrogen-bond acceptors (Lipinski definition) is 4. The first-order valence-electron chi connectivity index (χ1n) is 7.50. The van der Waals surface area contributed by atoms with Gasteiger partial charge in [-0.2, -0.15) is 0 Å². The van der Waals surface area contributed by atoms with Crippen molar-refractivity contribution < 1.29 is 19.8 Å². The molecule has 0 heterocycles. The lowest BCUT2D eigenvalue weighted by atomic mass is 10.2. The Morgan fingerprint density at radius 1 is 0.708 bits per heavy atom. The van der Waals surface area contributed by atoms with Gasteiger partial charge < -0.3 is 10.2 Å². The van der Waals surface area contributed by atoms with Crippen molar-refractivity contribution in [2.45, 2.75) is 22.6 Å². The van der Waals surface area contributed by atoms with E-state index in [1.165, 1.54) is 0 Å². The van der Waals surface area contributed by atoms with Gasteiger partial charge in [-0.15, -0.1) is 23.5 Å². The van der Waals surface area contributed by atoms with E-state index in [-0.39, 0.29) is 0 Å². The van der Waals surface area contributed by atoms with Gasteiger partial charge in [-0.1, -0.05) is 24.3 Å². The summed E-state index contributed by atoms with van der Waals surface area (Å²) in [6.45, 7) is 0. The zero-order chi connectivity index (χ0) is 17.4. The fraction of sp³-hybridized carbons (Fsp3) is 0.222. The summed E-state index contributed by atoms with van der Waals surface area (Å²) in [5.41, 5.74) is 0.680. The van der Waals surface area contributed by atoms with Gasteiger partial charge in [0, 0.05) is 9.79 Å². The van der Waals surface area contributed by atoms with Gasteiger partial charge >= 0.3 is 11.9 Å². The molecule has 0 saturated heterocycles. The van der Waals surface area contributed by atoms with Crippen LogP contribution in [0.4, 0.5) is 0 Å². The average Bonchev–Trinajstić information content (AvgIpc) is 2.58. The maximum Gasteiger partial charge on any atom is 0.336 e. The van der Waals surface area contributed by atoms with Gasteiger partial charge in [0.05, 0.1) is 11.1 Å². The van der Waals surface area contributed by atoms with E-state index in [9.17, 15) is 9.59 Å². The van der Waals surface area contributed by atoms with Crippen LogP contribution in [0, 0.1) is 0 Å². The molecule has 0 spiro atoms. The van der Waals surface area contributed by atoms with Crippen molar-refractivity contribution >= 4 is 35.5 Å². The quantitative estimate of drug-likeness (QED) is 0.495. The van der Waals surface area contributed by atoms with Gasteiger partial charge in [-0.3, -0.25) is 0 Å². The molecule has 0 aliphatic carbocycles. The second kappa shape index (κ2) is 9.39. The van der Waals surface area contributed by atoms with Crippen LogP contribution in [0.15, 0.2) is 58.3 Å². The molecule has 2 rings (SSSR count). The molecule has 0 aliphatic heterocycles. The summed E-state index contributed by atoms with van der Waals surface area (Å²) in [6, 6.07) is 14.0. The number of benzene rings is 2. The van der Waals surface area contributed by atoms with Crippen molar-refractivity contribution in [3.05, 3.63) is 59.7 Å². The van der Waals surface area contributed by atoms with Crippen LogP contribution in [0.3, 0.4) is 0 Å². The SMILES string of the molecule is O=C(O)c1ccccc1SCCCCSc1ccccc1C(=O)O. The first-order valence-corrected chi connectivity index (χ1v) is 9.47. The summed E-state index contributed by atoms with van der Waals surface area (Å²) in [4.78, 5) is 23.8. The lowest BCUT2D eigenvalue weighted by Gasteiger charge is -2.07. The summed E-state index contributed by atoms with van der Waals surface area (Å²) in [7, 11) is 0. The first-order chi connectivity index (χ1) is 11.6. The zero-order valence-corrected chi connectivity index (χ0v) is 14.6. The molecule has 0 bridgehead atoms. The second-order valence-corrected chi connectivity index (χ2v) is 7.28. The van der Waals surface area contributed by atoms with Gasteiger partial charge in [0.1, 0.15) is 0 Å². The highest BCUT2D eigenvalue weighted by molar-refractivity contribution is 7.99. The Morgan fingerprint density at radius 2 is 1.08 bits per heavy atom. The monoisotopic (exact) mass is 362 g/mol. The highest BCUT2D eigenvalue weighted by Gasteiger charge is 2.10. The fourth-order valence-corrected chi connectivity index (χ4v) is 4.21. The number of hydrogen-bond donors (Lipinski definition) is 2. The minimum absolute atomic E-state index is 0.340. The summed E-state index contributed by atoms with van der Waals surface area (Å²) in [5.74, 6) is -0.130. The Morgan fingerprint density at radius 3 is 1.46 bits per heavy atom. The van der Waals surface area contributed by atoms with E-state index < -0.39 is 11.9 Å². The number of thioether (sulfide) groups is 2. The van der Waals surface area contributed by atoms with Crippen LogP contribution in [-0.4, -0.2) is 33.7 Å². The van der Waals surface area contributed by atoms with E-state index in [2.05, 4.69) is 0 Å². The molecule has 2 aromatic carbocycles. The molecule has 0 amide bonds. The molecule has 6 heteroatoms. The van der Waals surface area contributed by atoms with Gasteiger partial charge in [-0.25, -0.2) is 9.59 Å².